The number of rotatable bonds is 3. The third-order valence-electron chi connectivity index (χ3n) is 4.22. The molecule has 2 aromatic carbocycles. The van der Waals surface area contributed by atoms with E-state index >= 15 is 0 Å². The normalized spacial score (nSPS) is 15.8. The number of anilines is 3. The first-order valence-electron chi connectivity index (χ1n) is 7.57. The van der Waals surface area contributed by atoms with Crippen LogP contribution in [0.3, 0.4) is 0 Å². The highest BCUT2D eigenvalue weighted by Gasteiger charge is 2.23. The van der Waals surface area contributed by atoms with E-state index in [1.165, 1.54) is 11.4 Å². The van der Waals surface area contributed by atoms with Gasteiger partial charge in [-0.3, -0.25) is 0 Å². The van der Waals surface area contributed by atoms with Crippen LogP contribution < -0.4 is 9.80 Å². The number of benzene rings is 2. The molecule has 3 rings (SSSR count). The summed E-state index contributed by atoms with van der Waals surface area (Å²) in [4.78, 5) is 4.61. The van der Waals surface area contributed by atoms with Gasteiger partial charge in [-0.05, 0) is 24.6 Å². The molecule has 110 valence electrons. The summed E-state index contributed by atoms with van der Waals surface area (Å²) in [6.07, 6.45) is 0.319. The Morgan fingerprint density at radius 2 is 1.57 bits per heavy atom. The largest absolute Gasteiger partial charge is 0.388 e. The lowest BCUT2D eigenvalue weighted by Gasteiger charge is -2.38. The van der Waals surface area contributed by atoms with Gasteiger partial charge in [-0.1, -0.05) is 37.3 Å². The van der Waals surface area contributed by atoms with Crippen molar-refractivity contribution in [1.82, 2.24) is 0 Å². The summed E-state index contributed by atoms with van der Waals surface area (Å²) in [6.45, 7) is 3.92. The molecule has 1 aliphatic heterocycles. The lowest BCUT2D eigenvalue weighted by atomic mass is 10.0. The van der Waals surface area contributed by atoms with Gasteiger partial charge in [0.25, 0.3) is 0 Å². The fourth-order valence-electron chi connectivity index (χ4n) is 2.99. The van der Waals surface area contributed by atoms with Crippen molar-refractivity contribution in [3.8, 4) is 0 Å². The number of likely N-dealkylation sites (N-methyl/N-ethyl adjacent to an activating group) is 1. The summed E-state index contributed by atoms with van der Waals surface area (Å²) in [5.74, 6) is 0. The Kier molecular flexibility index (Phi) is 3.84. The van der Waals surface area contributed by atoms with Crippen LogP contribution in [-0.2, 0) is 0 Å². The Morgan fingerprint density at radius 3 is 2.29 bits per heavy atom. The minimum absolute atomic E-state index is 0.409. The number of hydrogen-bond donors (Lipinski definition) is 1. The molecular weight excluding hydrogens is 260 g/mol. The van der Waals surface area contributed by atoms with Crippen LogP contribution in [0.15, 0.2) is 48.5 Å². The molecule has 0 amide bonds. The molecule has 0 radical (unpaired) electrons. The average molecular weight is 282 g/mol. The topological polar surface area (TPSA) is 26.7 Å². The molecule has 1 heterocycles. The van der Waals surface area contributed by atoms with Crippen LogP contribution >= 0.6 is 0 Å². The van der Waals surface area contributed by atoms with Crippen LogP contribution in [0.25, 0.3) is 0 Å². The number of nitrogens with zero attached hydrogens (tertiary/aromatic N) is 2. The van der Waals surface area contributed by atoms with E-state index in [4.69, 9.17) is 0 Å². The molecule has 1 atom stereocenters. The number of aliphatic hydroxyl groups excluding tert-OH is 1. The Balaban J connectivity index is 2.08. The fourth-order valence-corrected chi connectivity index (χ4v) is 2.99. The molecule has 0 aliphatic carbocycles. The molecule has 0 fully saturated rings. The molecule has 3 heteroatoms. The zero-order chi connectivity index (χ0) is 14.8. The lowest BCUT2D eigenvalue weighted by molar-refractivity contribution is 0.174. The zero-order valence-corrected chi connectivity index (χ0v) is 12.7. The van der Waals surface area contributed by atoms with Crippen LogP contribution in [-0.4, -0.2) is 25.2 Å². The number of para-hydroxylation sites is 3. The predicted molar refractivity (Wildman–Crippen MR) is 88.4 cm³/mol. The van der Waals surface area contributed by atoms with Gasteiger partial charge in [0.05, 0.1) is 17.5 Å². The highest BCUT2D eigenvalue weighted by atomic mass is 16.3. The summed E-state index contributed by atoms with van der Waals surface area (Å²) >= 11 is 0. The van der Waals surface area contributed by atoms with Gasteiger partial charge in [0.1, 0.15) is 0 Å². The van der Waals surface area contributed by atoms with E-state index < -0.39 is 6.10 Å². The fraction of sp³-hybridized carbons (Fsp3) is 0.333. The Hall–Kier alpha value is -2.00. The minimum Gasteiger partial charge on any atom is -0.388 e. The molecule has 2 aromatic rings. The van der Waals surface area contributed by atoms with Crippen LogP contribution in [0.2, 0.25) is 0 Å². The van der Waals surface area contributed by atoms with E-state index in [2.05, 4.69) is 47.2 Å². The second-order valence-corrected chi connectivity index (χ2v) is 5.54. The van der Waals surface area contributed by atoms with Gasteiger partial charge in [0, 0.05) is 31.4 Å². The van der Waals surface area contributed by atoms with E-state index in [9.17, 15) is 5.11 Å². The van der Waals surface area contributed by atoms with Crippen molar-refractivity contribution >= 4 is 17.1 Å². The summed E-state index contributed by atoms with van der Waals surface area (Å²) < 4.78 is 0. The van der Waals surface area contributed by atoms with Crippen LogP contribution in [0.1, 0.15) is 25.0 Å². The molecule has 1 aliphatic rings. The maximum absolute atomic E-state index is 10.3. The first kappa shape index (κ1) is 14.0. The van der Waals surface area contributed by atoms with Crippen molar-refractivity contribution in [3.05, 3.63) is 54.1 Å². The van der Waals surface area contributed by atoms with Crippen molar-refractivity contribution in [2.24, 2.45) is 0 Å². The van der Waals surface area contributed by atoms with Crippen molar-refractivity contribution in [2.45, 2.75) is 19.4 Å². The first-order chi connectivity index (χ1) is 10.2. The van der Waals surface area contributed by atoms with Crippen LogP contribution in [0.4, 0.5) is 17.1 Å². The minimum atomic E-state index is -0.409. The molecule has 0 unspecified atom stereocenters. The van der Waals surface area contributed by atoms with Gasteiger partial charge < -0.3 is 14.9 Å². The van der Waals surface area contributed by atoms with E-state index in [1.54, 1.807) is 0 Å². The van der Waals surface area contributed by atoms with Crippen molar-refractivity contribution in [2.75, 3.05) is 29.9 Å². The smallest absolute Gasteiger partial charge is 0.0807 e. The van der Waals surface area contributed by atoms with Gasteiger partial charge in [0.2, 0.25) is 0 Å². The lowest BCUT2D eigenvalue weighted by Crippen LogP contribution is -2.36. The van der Waals surface area contributed by atoms with Crippen molar-refractivity contribution in [1.29, 1.82) is 0 Å². The Morgan fingerprint density at radius 1 is 0.952 bits per heavy atom. The second kappa shape index (κ2) is 5.78. The summed E-state index contributed by atoms with van der Waals surface area (Å²) in [5.41, 5.74) is 4.58. The molecule has 0 aromatic heterocycles. The maximum atomic E-state index is 10.3. The number of fused-ring (bicyclic) bond motifs is 1. The second-order valence-electron chi connectivity index (χ2n) is 5.54. The van der Waals surface area contributed by atoms with E-state index in [1.807, 2.05) is 25.1 Å². The summed E-state index contributed by atoms with van der Waals surface area (Å²) in [6, 6.07) is 16.6. The highest BCUT2D eigenvalue weighted by molar-refractivity contribution is 5.80. The third kappa shape index (κ3) is 2.49. The van der Waals surface area contributed by atoms with Gasteiger partial charge in [0.15, 0.2) is 0 Å². The Bertz CT molecular complexity index is 626. The van der Waals surface area contributed by atoms with Crippen molar-refractivity contribution < 1.29 is 5.11 Å². The van der Waals surface area contributed by atoms with Crippen LogP contribution in [0, 0.1) is 0 Å². The summed E-state index contributed by atoms with van der Waals surface area (Å²) in [5, 5.41) is 10.3. The number of aliphatic hydroxyl groups is 1. The highest BCUT2D eigenvalue weighted by Crippen LogP contribution is 2.39. The van der Waals surface area contributed by atoms with Gasteiger partial charge in [-0.25, -0.2) is 0 Å². The predicted octanol–water partition coefficient (Wildman–Crippen LogP) is 3.72. The van der Waals surface area contributed by atoms with Crippen LogP contribution in [0.5, 0.6) is 0 Å². The van der Waals surface area contributed by atoms with E-state index in [0.717, 1.165) is 30.8 Å². The molecule has 3 nitrogen and oxygen atoms in total. The Labute approximate surface area is 126 Å². The SMILES string of the molecule is CC[C@@H](O)c1ccccc1N1CCN(C)c2ccccc21. The molecule has 0 spiro atoms. The van der Waals surface area contributed by atoms with Gasteiger partial charge in [-0.15, -0.1) is 0 Å². The van der Waals surface area contributed by atoms with E-state index in [0.29, 0.717) is 0 Å². The first-order valence-corrected chi connectivity index (χ1v) is 7.57. The summed E-state index contributed by atoms with van der Waals surface area (Å²) in [7, 11) is 2.13. The molecule has 0 saturated carbocycles. The molecular formula is C18H22N2O. The van der Waals surface area contributed by atoms with E-state index in [-0.39, 0.29) is 0 Å². The molecule has 0 bridgehead atoms. The maximum Gasteiger partial charge on any atom is 0.0807 e. The number of hydrogen-bond acceptors (Lipinski definition) is 3. The van der Waals surface area contributed by atoms with Crippen molar-refractivity contribution in [3.63, 3.8) is 0 Å². The molecule has 0 saturated heterocycles. The monoisotopic (exact) mass is 282 g/mol. The van der Waals surface area contributed by atoms with Gasteiger partial charge >= 0.3 is 0 Å². The standard InChI is InChI=1S/C18H22N2O/c1-3-18(21)14-8-4-5-9-15(14)20-13-12-19(2)16-10-6-7-11-17(16)20/h4-11,18,21H,3,12-13H2,1-2H3/t18-/m1/s1. The average Bonchev–Trinajstić information content (AvgIpc) is 2.55. The third-order valence-corrected chi connectivity index (χ3v) is 4.22. The molecule has 21 heavy (non-hydrogen) atoms. The van der Waals surface area contributed by atoms with Gasteiger partial charge in [-0.2, -0.15) is 0 Å². The quantitative estimate of drug-likeness (QED) is 0.929. The molecule has 1 N–H and O–H groups in total. The zero-order valence-electron chi connectivity index (χ0n) is 12.7.